The van der Waals surface area contributed by atoms with Gasteiger partial charge in [0.25, 0.3) is 0 Å². The number of hydrogen-bond acceptors (Lipinski definition) is 3. The Morgan fingerprint density at radius 2 is 1.79 bits per heavy atom. The van der Waals surface area contributed by atoms with E-state index in [9.17, 15) is 0 Å². The number of hydrogen-bond donors (Lipinski definition) is 2. The second kappa shape index (κ2) is 12.0. The minimum Gasteiger partial charge on any atom is -0.379 e. The highest BCUT2D eigenvalue weighted by atomic mass is 127. The highest BCUT2D eigenvalue weighted by Crippen LogP contribution is 2.12. The molecule has 1 atom stereocenters. The molecular weight excluding hydrogens is 463 g/mol. The van der Waals surface area contributed by atoms with Gasteiger partial charge in [0.05, 0.1) is 19.3 Å². The fourth-order valence-corrected chi connectivity index (χ4v) is 3.27. The summed E-state index contributed by atoms with van der Waals surface area (Å²) in [6, 6.07) is 19.4. The molecule has 2 aromatic carbocycles. The number of halogens is 1. The van der Waals surface area contributed by atoms with Crippen LogP contribution in [0.25, 0.3) is 0 Å². The van der Waals surface area contributed by atoms with E-state index in [-0.39, 0.29) is 30.0 Å². The first kappa shape index (κ1) is 22.6. The largest absolute Gasteiger partial charge is 0.379 e. The van der Waals surface area contributed by atoms with Crippen molar-refractivity contribution in [2.24, 2.45) is 4.99 Å². The topological polar surface area (TPSA) is 48.9 Å². The van der Waals surface area contributed by atoms with E-state index in [0.29, 0.717) is 0 Å². The molecule has 1 heterocycles. The average molecular weight is 494 g/mol. The van der Waals surface area contributed by atoms with Crippen LogP contribution in [0.4, 0.5) is 0 Å². The lowest BCUT2D eigenvalue weighted by atomic mass is 10.1. The Bertz CT molecular complexity index is 732. The summed E-state index contributed by atoms with van der Waals surface area (Å²) in [6.45, 7) is 7.57. The summed E-state index contributed by atoms with van der Waals surface area (Å²) < 4.78 is 5.43. The van der Waals surface area contributed by atoms with Crippen LogP contribution in [-0.4, -0.2) is 44.2 Å². The molecular formula is C22H31IN4O. The summed E-state index contributed by atoms with van der Waals surface area (Å²) in [6.07, 6.45) is 0. The van der Waals surface area contributed by atoms with Gasteiger partial charge < -0.3 is 15.4 Å². The molecule has 0 spiro atoms. The predicted molar refractivity (Wildman–Crippen MR) is 126 cm³/mol. The van der Waals surface area contributed by atoms with Crippen LogP contribution in [0.15, 0.2) is 59.6 Å². The first-order valence-corrected chi connectivity index (χ1v) is 9.64. The molecule has 0 aliphatic carbocycles. The third kappa shape index (κ3) is 7.07. The highest BCUT2D eigenvalue weighted by molar-refractivity contribution is 14.0. The van der Waals surface area contributed by atoms with E-state index in [4.69, 9.17) is 4.74 Å². The van der Waals surface area contributed by atoms with Gasteiger partial charge in [-0.2, -0.15) is 0 Å². The molecule has 2 N–H and O–H groups in total. The zero-order chi connectivity index (χ0) is 18.9. The quantitative estimate of drug-likeness (QED) is 0.367. The maximum absolute atomic E-state index is 5.43. The second-order valence-corrected chi connectivity index (χ2v) is 6.91. The third-order valence-corrected chi connectivity index (χ3v) is 4.84. The molecule has 28 heavy (non-hydrogen) atoms. The molecule has 5 nitrogen and oxygen atoms in total. The zero-order valence-corrected chi connectivity index (χ0v) is 19.1. The number of nitrogens with one attached hydrogen (secondary N) is 2. The minimum atomic E-state index is 0. The number of morpholine rings is 1. The van der Waals surface area contributed by atoms with Crippen molar-refractivity contribution >= 4 is 29.9 Å². The van der Waals surface area contributed by atoms with Crippen LogP contribution >= 0.6 is 24.0 Å². The van der Waals surface area contributed by atoms with Gasteiger partial charge in [-0.25, -0.2) is 0 Å². The van der Waals surface area contributed by atoms with Gasteiger partial charge in [-0.15, -0.1) is 24.0 Å². The number of rotatable bonds is 6. The summed E-state index contributed by atoms with van der Waals surface area (Å²) in [5.41, 5.74) is 3.85. The predicted octanol–water partition coefficient (Wildman–Crippen LogP) is 3.56. The third-order valence-electron chi connectivity index (χ3n) is 4.84. The molecule has 152 valence electrons. The van der Waals surface area contributed by atoms with Gasteiger partial charge in [0.15, 0.2) is 5.96 Å². The van der Waals surface area contributed by atoms with Crippen molar-refractivity contribution in [1.29, 1.82) is 0 Å². The fraction of sp³-hybridized carbons (Fsp3) is 0.409. The van der Waals surface area contributed by atoms with Crippen LogP contribution in [0.1, 0.15) is 29.7 Å². The van der Waals surface area contributed by atoms with E-state index in [1.165, 1.54) is 16.7 Å². The molecule has 1 saturated heterocycles. The first-order valence-electron chi connectivity index (χ1n) is 9.64. The van der Waals surface area contributed by atoms with Gasteiger partial charge in [0.1, 0.15) is 0 Å². The van der Waals surface area contributed by atoms with Crippen molar-refractivity contribution in [2.45, 2.75) is 26.1 Å². The van der Waals surface area contributed by atoms with Crippen molar-refractivity contribution in [3.8, 4) is 0 Å². The van der Waals surface area contributed by atoms with Crippen LogP contribution < -0.4 is 10.6 Å². The lowest BCUT2D eigenvalue weighted by Crippen LogP contribution is -2.38. The Labute approximate surface area is 185 Å². The Morgan fingerprint density at radius 1 is 1.07 bits per heavy atom. The van der Waals surface area contributed by atoms with Gasteiger partial charge >= 0.3 is 0 Å². The van der Waals surface area contributed by atoms with Crippen molar-refractivity contribution in [1.82, 2.24) is 15.5 Å². The number of nitrogens with zero attached hydrogens (tertiary/aromatic N) is 2. The molecule has 0 bridgehead atoms. The zero-order valence-electron chi connectivity index (χ0n) is 16.7. The van der Waals surface area contributed by atoms with Crippen molar-refractivity contribution in [2.75, 3.05) is 33.4 Å². The van der Waals surface area contributed by atoms with Crippen molar-refractivity contribution < 1.29 is 4.74 Å². The standard InChI is InChI=1S/C22H30N4O.HI/c1-18(21-9-4-3-5-10-21)25-22(23-2)24-16-19-7-6-8-20(15-19)17-26-11-13-27-14-12-26;/h3-10,15,18H,11-14,16-17H2,1-2H3,(H2,23,24,25);1H. The number of guanidine groups is 1. The van der Waals surface area contributed by atoms with Gasteiger partial charge in [0, 0.05) is 33.2 Å². The van der Waals surface area contributed by atoms with Crippen molar-refractivity contribution in [3.63, 3.8) is 0 Å². The molecule has 1 aliphatic rings. The van der Waals surface area contributed by atoms with E-state index >= 15 is 0 Å². The summed E-state index contributed by atoms with van der Waals surface area (Å²) in [7, 11) is 1.81. The average Bonchev–Trinajstić information content (AvgIpc) is 2.72. The van der Waals surface area contributed by atoms with E-state index in [2.05, 4.69) is 76.0 Å². The molecule has 1 fully saturated rings. The minimum absolute atomic E-state index is 0. The van der Waals surface area contributed by atoms with Crippen LogP contribution in [0.2, 0.25) is 0 Å². The molecule has 0 aromatic heterocycles. The molecule has 3 rings (SSSR count). The van der Waals surface area contributed by atoms with E-state index < -0.39 is 0 Å². The first-order chi connectivity index (χ1) is 13.2. The molecule has 0 amide bonds. The number of benzene rings is 2. The molecule has 2 aromatic rings. The normalized spacial score (nSPS) is 16.1. The monoisotopic (exact) mass is 494 g/mol. The molecule has 6 heteroatoms. The van der Waals surface area contributed by atoms with E-state index in [0.717, 1.165) is 45.4 Å². The molecule has 0 saturated carbocycles. The van der Waals surface area contributed by atoms with Crippen LogP contribution in [0.3, 0.4) is 0 Å². The van der Waals surface area contributed by atoms with Crippen molar-refractivity contribution in [3.05, 3.63) is 71.3 Å². The fourth-order valence-electron chi connectivity index (χ4n) is 3.27. The summed E-state index contributed by atoms with van der Waals surface area (Å²) in [4.78, 5) is 6.80. The van der Waals surface area contributed by atoms with Crippen LogP contribution in [-0.2, 0) is 17.8 Å². The SMILES string of the molecule is CN=C(NCc1cccc(CN2CCOCC2)c1)NC(C)c1ccccc1.I. The Balaban J connectivity index is 0.00000280. The Kier molecular flexibility index (Phi) is 9.73. The summed E-state index contributed by atoms with van der Waals surface area (Å²) in [5.74, 6) is 0.810. The van der Waals surface area contributed by atoms with E-state index in [1.807, 2.05) is 13.1 Å². The second-order valence-electron chi connectivity index (χ2n) is 6.91. The van der Waals surface area contributed by atoms with Gasteiger partial charge in [-0.05, 0) is 23.6 Å². The van der Waals surface area contributed by atoms with Gasteiger partial charge in [0.2, 0.25) is 0 Å². The lowest BCUT2D eigenvalue weighted by molar-refractivity contribution is 0.0342. The maximum Gasteiger partial charge on any atom is 0.191 e. The van der Waals surface area contributed by atoms with Crippen LogP contribution in [0, 0.1) is 0 Å². The van der Waals surface area contributed by atoms with E-state index in [1.54, 1.807) is 0 Å². The number of ether oxygens (including phenoxy) is 1. The Morgan fingerprint density at radius 3 is 2.50 bits per heavy atom. The van der Waals surface area contributed by atoms with Gasteiger partial charge in [-0.1, -0.05) is 54.6 Å². The maximum atomic E-state index is 5.43. The molecule has 1 unspecified atom stereocenters. The lowest BCUT2D eigenvalue weighted by Gasteiger charge is -2.26. The smallest absolute Gasteiger partial charge is 0.191 e. The van der Waals surface area contributed by atoms with Crippen LogP contribution in [0.5, 0.6) is 0 Å². The summed E-state index contributed by atoms with van der Waals surface area (Å²) in [5, 5.41) is 6.87. The molecule has 1 aliphatic heterocycles. The molecule has 0 radical (unpaired) electrons. The Hall–Kier alpha value is -1.64. The summed E-state index contributed by atoms with van der Waals surface area (Å²) >= 11 is 0. The number of aliphatic imine (C=N–C) groups is 1. The van der Waals surface area contributed by atoms with Gasteiger partial charge in [-0.3, -0.25) is 9.89 Å². The highest BCUT2D eigenvalue weighted by Gasteiger charge is 2.11.